The maximum atomic E-state index is 14.7. The number of hydrogen-bond acceptors (Lipinski definition) is 8. The predicted molar refractivity (Wildman–Crippen MR) is 191 cm³/mol. The maximum absolute atomic E-state index is 14.7. The van der Waals surface area contributed by atoms with Gasteiger partial charge >= 0.3 is 6.09 Å². The number of hydrogen-bond donors (Lipinski definition) is 4. The van der Waals surface area contributed by atoms with Crippen LogP contribution in [0.15, 0.2) is 18.6 Å². The number of rotatable bonds is 13. The highest BCUT2D eigenvalue weighted by Crippen LogP contribution is 2.43. The molecule has 52 heavy (non-hydrogen) atoms. The van der Waals surface area contributed by atoms with Crippen LogP contribution in [-0.4, -0.2) is 97.3 Å². The zero-order valence-electron chi connectivity index (χ0n) is 31.3. The van der Waals surface area contributed by atoms with Gasteiger partial charge in [0.15, 0.2) is 0 Å². The van der Waals surface area contributed by atoms with E-state index in [1.807, 2.05) is 27.7 Å². The molecule has 3 saturated carbocycles. The number of fused-ring (bicyclic) bond motifs is 1. The molecule has 1 aliphatic heterocycles. The number of imide groups is 1. The van der Waals surface area contributed by atoms with Crippen molar-refractivity contribution in [3.05, 3.63) is 24.3 Å². The van der Waals surface area contributed by atoms with Gasteiger partial charge in [-0.25, -0.2) is 14.7 Å². The molecule has 0 bridgehead atoms. The van der Waals surface area contributed by atoms with E-state index in [2.05, 4.69) is 25.9 Å². The van der Waals surface area contributed by atoms with E-state index >= 15 is 0 Å². The number of nitrogens with one attached hydrogen (secondary N) is 3. The van der Waals surface area contributed by atoms with E-state index in [4.69, 9.17) is 0 Å². The van der Waals surface area contributed by atoms with E-state index in [1.54, 1.807) is 11.8 Å². The molecule has 4 fully saturated rings. The summed E-state index contributed by atoms with van der Waals surface area (Å²) in [7, 11) is 0. The first-order valence-corrected chi connectivity index (χ1v) is 19.3. The first-order valence-electron chi connectivity index (χ1n) is 19.3. The van der Waals surface area contributed by atoms with E-state index in [0.29, 0.717) is 32.2 Å². The van der Waals surface area contributed by atoms with Gasteiger partial charge in [0, 0.05) is 31.0 Å². The Kier molecular flexibility index (Phi) is 12.6. The van der Waals surface area contributed by atoms with Crippen LogP contribution in [0.2, 0.25) is 0 Å². The predicted octanol–water partition coefficient (Wildman–Crippen LogP) is 3.90. The van der Waals surface area contributed by atoms with Crippen LogP contribution in [0.3, 0.4) is 0 Å². The number of carboxylic acid groups (broad SMARTS) is 1. The molecule has 6 amide bonds. The first kappa shape index (κ1) is 39.1. The first-order chi connectivity index (χ1) is 24.7. The van der Waals surface area contributed by atoms with E-state index in [0.717, 1.165) is 56.3 Å². The highest BCUT2D eigenvalue weighted by molar-refractivity contribution is 5.98. The molecule has 5 rings (SSSR count). The van der Waals surface area contributed by atoms with Gasteiger partial charge in [0.1, 0.15) is 23.8 Å². The Morgan fingerprint density at radius 1 is 0.942 bits per heavy atom. The molecule has 7 atom stereocenters. The summed E-state index contributed by atoms with van der Waals surface area (Å²) < 4.78 is 0. The van der Waals surface area contributed by atoms with Gasteiger partial charge in [-0.1, -0.05) is 66.7 Å². The Balaban J connectivity index is 1.37. The monoisotopic (exact) mass is 723 g/mol. The molecule has 1 unspecified atom stereocenters. The van der Waals surface area contributed by atoms with Crippen molar-refractivity contribution in [1.29, 1.82) is 0 Å². The highest BCUT2D eigenvalue weighted by Gasteiger charge is 2.52. The second-order valence-electron chi connectivity index (χ2n) is 16.5. The Hall–Kier alpha value is -4.10. The molecule has 4 N–H and O–H groups in total. The van der Waals surface area contributed by atoms with Crippen molar-refractivity contribution in [2.75, 3.05) is 6.54 Å². The van der Waals surface area contributed by atoms with Crippen LogP contribution in [0.4, 0.5) is 4.79 Å². The third kappa shape index (κ3) is 8.91. The summed E-state index contributed by atoms with van der Waals surface area (Å²) in [5, 5.41) is 18.8. The molecule has 286 valence electrons. The van der Waals surface area contributed by atoms with Crippen molar-refractivity contribution in [2.24, 2.45) is 29.1 Å². The van der Waals surface area contributed by atoms with Gasteiger partial charge in [0.2, 0.25) is 23.6 Å². The van der Waals surface area contributed by atoms with Crippen LogP contribution in [0.1, 0.15) is 122 Å². The molecule has 3 aliphatic carbocycles. The molecular weight excluding hydrogens is 666 g/mol. The molecule has 14 nitrogen and oxygen atoms in total. The SMILES string of the molecule is CCC[C@H](NC(=O)[C@@H]1[C@H]2CCC[C@H]2CN1C(=O)[C@@H](NC(=O)[C@@H](NC(=O)c1cnccn1)C1CCCCC1)C(C)(C)C)C(C)C(=O)N(C(=O)O)C1CC1. The summed E-state index contributed by atoms with van der Waals surface area (Å²) in [6.07, 6.45) is 12.4. The summed E-state index contributed by atoms with van der Waals surface area (Å²) in [5.74, 6) is -3.06. The summed E-state index contributed by atoms with van der Waals surface area (Å²) >= 11 is 0. The maximum Gasteiger partial charge on any atom is 0.414 e. The Morgan fingerprint density at radius 2 is 1.65 bits per heavy atom. The number of likely N-dealkylation sites (tertiary alicyclic amines) is 1. The van der Waals surface area contributed by atoms with Gasteiger partial charge < -0.3 is 26.0 Å². The second kappa shape index (κ2) is 16.7. The fourth-order valence-corrected chi connectivity index (χ4v) is 8.59. The molecule has 1 saturated heterocycles. The summed E-state index contributed by atoms with van der Waals surface area (Å²) in [6, 6.07) is -3.62. The molecule has 1 aromatic rings. The Labute approximate surface area is 306 Å². The fourth-order valence-electron chi connectivity index (χ4n) is 8.59. The van der Waals surface area contributed by atoms with E-state index < -0.39 is 59.3 Å². The van der Waals surface area contributed by atoms with E-state index in [-0.39, 0.29) is 41.3 Å². The second-order valence-corrected chi connectivity index (χ2v) is 16.5. The van der Waals surface area contributed by atoms with Gasteiger partial charge in [-0.05, 0) is 68.1 Å². The van der Waals surface area contributed by atoms with Crippen LogP contribution < -0.4 is 16.0 Å². The minimum absolute atomic E-state index is 0.0724. The molecule has 0 aromatic carbocycles. The van der Waals surface area contributed by atoms with E-state index in [9.17, 15) is 33.9 Å². The molecule has 1 aromatic heterocycles. The lowest BCUT2D eigenvalue weighted by Crippen LogP contribution is -2.62. The number of nitrogens with zero attached hydrogens (tertiary/aromatic N) is 4. The van der Waals surface area contributed by atoms with Crippen molar-refractivity contribution in [1.82, 2.24) is 35.7 Å². The Morgan fingerprint density at radius 3 is 2.25 bits per heavy atom. The molecular formula is C38H57N7O7. The molecule has 0 spiro atoms. The molecule has 4 aliphatic rings. The smallest absolute Gasteiger partial charge is 0.414 e. The van der Waals surface area contributed by atoms with Crippen LogP contribution >= 0.6 is 0 Å². The number of amides is 6. The minimum atomic E-state index is -1.28. The van der Waals surface area contributed by atoms with Crippen molar-refractivity contribution in [2.45, 2.75) is 142 Å². The number of carbonyl (C=O) groups is 6. The van der Waals surface area contributed by atoms with Crippen molar-refractivity contribution in [3.8, 4) is 0 Å². The van der Waals surface area contributed by atoms with Gasteiger partial charge in [-0.2, -0.15) is 0 Å². The van der Waals surface area contributed by atoms with Gasteiger partial charge in [0.25, 0.3) is 5.91 Å². The lowest BCUT2D eigenvalue weighted by molar-refractivity contribution is -0.145. The number of aromatic nitrogens is 2. The normalized spacial score (nSPS) is 24.2. The van der Waals surface area contributed by atoms with Gasteiger partial charge in [-0.3, -0.25) is 29.0 Å². The van der Waals surface area contributed by atoms with Crippen LogP contribution in [0, 0.1) is 29.1 Å². The topological polar surface area (TPSA) is 191 Å². The zero-order valence-corrected chi connectivity index (χ0v) is 31.3. The standard InChI is InChI=1S/C38H57N7O7/c1-6-11-27(22(2)35(49)45(37(51)52)25-16-17-25)41-34(48)30-26-15-10-14-24(26)21-44(30)36(50)31(38(3,4)5)43-33(47)29(23-12-8-7-9-13-23)42-32(46)28-20-39-18-19-40-28/h18-20,22-27,29-31H,6-17,21H2,1-5H3,(H,41,48)(H,42,46)(H,43,47)(H,51,52)/t22?,24-,26-,27-,29-,30-,31+/m0/s1. The van der Waals surface area contributed by atoms with E-state index in [1.165, 1.54) is 18.6 Å². The fraction of sp³-hybridized carbons (Fsp3) is 0.737. The Bertz CT molecular complexity index is 1470. The molecule has 14 heteroatoms. The highest BCUT2D eigenvalue weighted by atomic mass is 16.4. The largest absolute Gasteiger partial charge is 0.465 e. The quantitative estimate of drug-likeness (QED) is 0.234. The van der Waals surface area contributed by atoms with Crippen LogP contribution in [-0.2, 0) is 19.2 Å². The third-order valence-electron chi connectivity index (χ3n) is 11.6. The average molecular weight is 724 g/mol. The number of carbonyl (C=O) groups excluding carboxylic acids is 5. The van der Waals surface area contributed by atoms with Crippen LogP contribution in [0.25, 0.3) is 0 Å². The summed E-state index contributed by atoms with van der Waals surface area (Å²) in [6.45, 7) is 9.59. The zero-order chi connectivity index (χ0) is 37.7. The van der Waals surface area contributed by atoms with Crippen molar-refractivity contribution >= 4 is 35.6 Å². The summed E-state index contributed by atoms with van der Waals surface area (Å²) in [4.78, 5) is 92.5. The van der Waals surface area contributed by atoms with Gasteiger partial charge in [0.05, 0.1) is 12.1 Å². The minimum Gasteiger partial charge on any atom is -0.465 e. The molecule has 0 radical (unpaired) electrons. The van der Waals surface area contributed by atoms with Gasteiger partial charge in [-0.15, -0.1) is 0 Å². The summed E-state index contributed by atoms with van der Waals surface area (Å²) in [5.41, 5.74) is -0.649. The van der Waals surface area contributed by atoms with Crippen LogP contribution in [0.5, 0.6) is 0 Å². The average Bonchev–Trinajstić information content (AvgIpc) is 3.72. The lowest BCUT2D eigenvalue weighted by atomic mass is 9.82. The van der Waals surface area contributed by atoms with Crippen molar-refractivity contribution < 1.29 is 33.9 Å². The van der Waals surface area contributed by atoms with Crippen molar-refractivity contribution in [3.63, 3.8) is 0 Å². The molecule has 2 heterocycles. The lowest BCUT2D eigenvalue weighted by Gasteiger charge is -2.38. The third-order valence-corrected chi connectivity index (χ3v) is 11.6.